The highest BCUT2D eigenvalue weighted by Gasteiger charge is 2.24. The second-order valence-corrected chi connectivity index (χ2v) is 5.34. The monoisotopic (exact) mass is 281 g/mol. The number of carbonyl (C=O) groups is 1. The predicted molar refractivity (Wildman–Crippen MR) is 83.4 cm³/mol. The van der Waals surface area contributed by atoms with Gasteiger partial charge in [-0.25, -0.2) is 0 Å². The van der Waals surface area contributed by atoms with E-state index in [-0.39, 0.29) is 5.91 Å². The molecule has 4 nitrogen and oxygen atoms in total. The van der Waals surface area contributed by atoms with Gasteiger partial charge in [0.2, 0.25) is 0 Å². The number of rotatable bonds is 6. The summed E-state index contributed by atoms with van der Waals surface area (Å²) in [4.78, 5) is 16.1. The number of nitrogens with zero attached hydrogens (tertiary/aromatic N) is 1. The molecule has 0 spiro atoms. The molecular formula is C17H19N3O. The number of carbonyl (C=O) groups excluding carboxylic acids is 1. The number of aromatic nitrogens is 1. The molecule has 1 aliphatic rings. The van der Waals surface area contributed by atoms with Crippen LogP contribution in [0, 0.1) is 0 Å². The summed E-state index contributed by atoms with van der Waals surface area (Å²) in [6, 6.07) is 14.4. The Morgan fingerprint density at radius 2 is 2.00 bits per heavy atom. The fraction of sp³-hybridized carbons (Fsp3) is 0.294. The average molecular weight is 281 g/mol. The molecule has 2 aromatic rings. The second kappa shape index (κ2) is 6.39. The van der Waals surface area contributed by atoms with Crippen molar-refractivity contribution in [3.05, 3.63) is 59.9 Å². The van der Waals surface area contributed by atoms with E-state index in [1.54, 1.807) is 6.20 Å². The summed E-state index contributed by atoms with van der Waals surface area (Å²) in [6.07, 6.45) is 4.79. The van der Waals surface area contributed by atoms with Crippen LogP contribution in [0.1, 0.15) is 28.9 Å². The molecule has 0 bridgehead atoms. The molecule has 1 heterocycles. The number of amides is 1. The number of hydrogen-bond acceptors (Lipinski definition) is 3. The fourth-order valence-electron chi connectivity index (χ4n) is 2.15. The Hall–Kier alpha value is -2.36. The molecule has 1 aliphatic carbocycles. The van der Waals surface area contributed by atoms with E-state index in [0.717, 1.165) is 31.5 Å². The molecule has 1 fully saturated rings. The second-order valence-electron chi connectivity index (χ2n) is 5.34. The van der Waals surface area contributed by atoms with Crippen LogP contribution in [0.4, 0.5) is 5.69 Å². The van der Waals surface area contributed by atoms with Gasteiger partial charge < -0.3 is 10.6 Å². The van der Waals surface area contributed by atoms with Gasteiger partial charge in [0.15, 0.2) is 0 Å². The summed E-state index contributed by atoms with van der Waals surface area (Å²) in [5, 5.41) is 6.29. The summed E-state index contributed by atoms with van der Waals surface area (Å²) in [6.45, 7) is 0.831. The third kappa shape index (κ3) is 4.05. The van der Waals surface area contributed by atoms with Gasteiger partial charge in [-0.15, -0.1) is 0 Å². The first-order chi connectivity index (χ1) is 10.3. The van der Waals surface area contributed by atoms with Crippen molar-refractivity contribution < 1.29 is 4.79 Å². The van der Waals surface area contributed by atoms with Crippen LogP contribution in [0.15, 0.2) is 48.7 Å². The molecule has 4 heteroatoms. The number of pyridine rings is 1. The van der Waals surface area contributed by atoms with Gasteiger partial charge in [-0.3, -0.25) is 9.78 Å². The normalized spacial score (nSPS) is 13.7. The molecule has 21 heavy (non-hydrogen) atoms. The van der Waals surface area contributed by atoms with Crippen LogP contribution in [-0.2, 0) is 6.42 Å². The molecule has 0 aliphatic heterocycles. The lowest BCUT2D eigenvalue weighted by Crippen LogP contribution is -2.26. The first-order valence-corrected chi connectivity index (χ1v) is 7.36. The summed E-state index contributed by atoms with van der Waals surface area (Å²) in [5.41, 5.74) is 2.71. The van der Waals surface area contributed by atoms with Crippen LogP contribution in [0.2, 0.25) is 0 Å². The van der Waals surface area contributed by atoms with Crippen LogP contribution in [0.5, 0.6) is 0 Å². The Bertz CT molecular complexity index is 608. The number of hydrogen-bond donors (Lipinski definition) is 2. The van der Waals surface area contributed by atoms with Gasteiger partial charge in [-0.1, -0.05) is 30.3 Å². The van der Waals surface area contributed by atoms with E-state index in [4.69, 9.17) is 0 Å². The summed E-state index contributed by atoms with van der Waals surface area (Å²) in [5.74, 6) is -0.0794. The maximum Gasteiger partial charge on any atom is 0.270 e. The van der Waals surface area contributed by atoms with Crippen LogP contribution in [0.3, 0.4) is 0 Å². The van der Waals surface area contributed by atoms with Gasteiger partial charge in [-0.05, 0) is 37.0 Å². The zero-order valence-electron chi connectivity index (χ0n) is 11.9. The van der Waals surface area contributed by atoms with Gasteiger partial charge in [0.1, 0.15) is 5.69 Å². The summed E-state index contributed by atoms with van der Waals surface area (Å²) in [7, 11) is 0. The number of anilines is 1. The topological polar surface area (TPSA) is 54.0 Å². The Labute approximate surface area is 124 Å². The van der Waals surface area contributed by atoms with E-state index in [9.17, 15) is 4.79 Å². The van der Waals surface area contributed by atoms with Crippen molar-refractivity contribution in [3.8, 4) is 0 Å². The summed E-state index contributed by atoms with van der Waals surface area (Å²) >= 11 is 0. The Balaban J connectivity index is 1.54. The lowest BCUT2D eigenvalue weighted by Gasteiger charge is -2.08. The minimum atomic E-state index is -0.0794. The predicted octanol–water partition coefficient (Wildman–Crippen LogP) is 2.63. The highest BCUT2D eigenvalue weighted by atomic mass is 16.2. The quantitative estimate of drug-likeness (QED) is 0.856. The smallest absolute Gasteiger partial charge is 0.270 e. The molecule has 0 atom stereocenters. The van der Waals surface area contributed by atoms with Crippen molar-refractivity contribution in [2.24, 2.45) is 0 Å². The summed E-state index contributed by atoms with van der Waals surface area (Å²) < 4.78 is 0. The molecule has 1 amide bonds. The molecule has 1 aromatic carbocycles. The minimum absolute atomic E-state index is 0.0794. The van der Waals surface area contributed by atoms with E-state index >= 15 is 0 Å². The van der Waals surface area contributed by atoms with E-state index in [1.165, 1.54) is 5.56 Å². The van der Waals surface area contributed by atoms with E-state index in [1.807, 2.05) is 30.3 Å². The molecular weight excluding hydrogens is 262 g/mol. The van der Waals surface area contributed by atoms with Crippen LogP contribution >= 0.6 is 0 Å². The zero-order chi connectivity index (χ0) is 14.5. The van der Waals surface area contributed by atoms with Crippen LogP contribution < -0.4 is 10.6 Å². The molecule has 1 aromatic heterocycles. The minimum Gasteiger partial charge on any atom is -0.385 e. The zero-order valence-corrected chi connectivity index (χ0v) is 11.9. The molecule has 0 unspecified atom stereocenters. The molecule has 0 saturated heterocycles. The van der Waals surface area contributed by atoms with Crippen molar-refractivity contribution in [3.63, 3.8) is 0 Å². The SMILES string of the molecule is O=C(NC1CC1)c1cc(NCCc2ccccc2)ccn1. The van der Waals surface area contributed by atoms with Crippen molar-refractivity contribution in [1.29, 1.82) is 0 Å². The van der Waals surface area contributed by atoms with Crippen molar-refractivity contribution in [1.82, 2.24) is 10.3 Å². The lowest BCUT2D eigenvalue weighted by atomic mass is 10.1. The van der Waals surface area contributed by atoms with Crippen molar-refractivity contribution >= 4 is 11.6 Å². The lowest BCUT2D eigenvalue weighted by molar-refractivity contribution is 0.0946. The highest BCUT2D eigenvalue weighted by Crippen LogP contribution is 2.19. The molecule has 0 radical (unpaired) electrons. The van der Waals surface area contributed by atoms with Gasteiger partial charge in [0.25, 0.3) is 5.91 Å². The largest absolute Gasteiger partial charge is 0.385 e. The fourth-order valence-corrected chi connectivity index (χ4v) is 2.15. The Morgan fingerprint density at radius 3 is 2.76 bits per heavy atom. The van der Waals surface area contributed by atoms with Gasteiger partial charge in [0, 0.05) is 24.5 Å². The Morgan fingerprint density at radius 1 is 1.19 bits per heavy atom. The molecule has 1 saturated carbocycles. The molecule has 2 N–H and O–H groups in total. The van der Waals surface area contributed by atoms with Crippen LogP contribution in [-0.4, -0.2) is 23.5 Å². The third-order valence-corrected chi connectivity index (χ3v) is 3.49. The average Bonchev–Trinajstić information content (AvgIpc) is 3.33. The van der Waals surface area contributed by atoms with E-state index in [2.05, 4.69) is 27.8 Å². The standard InChI is InChI=1S/C17H19N3O/c21-17(20-14-6-7-14)16-12-15(9-11-19-16)18-10-8-13-4-2-1-3-5-13/h1-5,9,11-12,14H,6-8,10H2,(H,18,19)(H,20,21). The molecule has 108 valence electrons. The van der Waals surface area contributed by atoms with Crippen molar-refractivity contribution in [2.45, 2.75) is 25.3 Å². The molecule has 3 rings (SSSR count). The Kier molecular flexibility index (Phi) is 4.15. The highest BCUT2D eigenvalue weighted by molar-refractivity contribution is 5.93. The van der Waals surface area contributed by atoms with Crippen LogP contribution in [0.25, 0.3) is 0 Å². The first kappa shape index (κ1) is 13.6. The number of nitrogens with one attached hydrogen (secondary N) is 2. The number of benzene rings is 1. The first-order valence-electron chi connectivity index (χ1n) is 7.36. The third-order valence-electron chi connectivity index (χ3n) is 3.49. The maximum absolute atomic E-state index is 11.9. The maximum atomic E-state index is 11.9. The van der Waals surface area contributed by atoms with Gasteiger partial charge in [-0.2, -0.15) is 0 Å². The van der Waals surface area contributed by atoms with Crippen molar-refractivity contribution in [2.75, 3.05) is 11.9 Å². The van der Waals surface area contributed by atoms with Gasteiger partial charge in [0.05, 0.1) is 0 Å². The van der Waals surface area contributed by atoms with E-state index in [0.29, 0.717) is 11.7 Å². The van der Waals surface area contributed by atoms with E-state index < -0.39 is 0 Å². The van der Waals surface area contributed by atoms with Gasteiger partial charge >= 0.3 is 0 Å².